The molecule has 10 rings (SSSR count). The first kappa shape index (κ1) is 28.4. The van der Waals surface area contributed by atoms with Crippen molar-refractivity contribution < 1.29 is 0 Å². The highest BCUT2D eigenvalue weighted by molar-refractivity contribution is 6.33. The summed E-state index contributed by atoms with van der Waals surface area (Å²) in [5, 5.41) is 9.85. The number of allylic oxidation sites excluding steroid dienone is 1. The molecule has 1 aliphatic heterocycles. The molecule has 0 fully saturated rings. The molecule has 1 aromatic heterocycles. The van der Waals surface area contributed by atoms with Gasteiger partial charge in [0.05, 0.1) is 16.7 Å². The second-order valence-corrected chi connectivity index (χ2v) is 12.9. The second kappa shape index (κ2) is 11.5. The molecule has 3 nitrogen and oxygen atoms in total. The van der Waals surface area contributed by atoms with Gasteiger partial charge in [-0.1, -0.05) is 158 Å². The summed E-state index contributed by atoms with van der Waals surface area (Å²) in [5.41, 5.74) is 7.73. The van der Waals surface area contributed by atoms with Crippen LogP contribution in [0.15, 0.2) is 186 Å². The summed E-state index contributed by atoms with van der Waals surface area (Å²) >= 11 is 0. The van der Waals surface area contributed by atoms with E-state index in [1.807, 2.05) is 0 Å². The minimum absolute atomic E-state index is 0.648. The summed E-state index contributed by atoms with van der Waals surface area (Å²) in [6, 6.07) is 60.6. The topological polar surface area (TPSA) is 29.6 Å². The molecule has 9 aromatic rings. The fourth-order valence-corrected chi connectivity index (χ4v) is 7.67. The summed E-state index contributed by atoms with van der Waals surface area (Å²) in [4.78, 5) is 10.8. The van der Waals surface area contributed by atoms with E-state index in [1.54, 1.807) is 0 Å². The molecule has 234 valence electrons. The van der Waals surface area contributed by atoms with Crippen LogP contribution in [0.5, 0.6) is 0 Å². The van der Waals surface area contributed by atoms with Crippen molar-refractivity contribution in [2.45, 2.75) is 6.42 Å². The van der Waals surface area contributed by atoms with E-state index in [1.165, 1.54) is 59.7 Å². The predicted molar refractivity (Wildman–Crippen MR) is 212 cm³/mol. The van der Waals surface area contributed by atoms with E-state index in [4.69, 9.17) is 9.98 Å². The average molecular weight is 638 g/mol. The van der Waals surface area contributed by atoms with Crippen molar-refractivity contribution in [3.8, 4) is 11.1 Å². The molecule has 0 saturated carbocycles. The van der Waals surface area contributed by atoms with Crippen molar-refractivity contribution in [3.63, 3.8) is 0 Å². The lowest BCUT2D eigenvalue weighted by molar-refractivity contribution is 1.17. The maximum Gasteiger partial charge on any atom is 0.161 e. The van der Waals surface area contributed by atoms with Crippen LogP contribution in [-0.2, 0) is 0 Å². The van der Waals surface area contributed by atoms with Gasteiger partial charge in [0.25, 0.3) is 0 Å². The van der Waals surface area contributed by atoms with Crippen LogP contribution in [-0.4, -0.2) is 16.1 Å². The number of fused-ring (bicyclic) bond motifs is 9. The lowest BCUT2D eigenvalue weighted by Gasteiger charge is -2.13. The molecule has 8 aromatic carbocycles. The van der Waals surface area contributed by atoms with Gasteiger partial charge in [-0.05, 0) is 61.8 Å². The van der Waals surface area contributed by atoms with Crippen LogP contribution in [0.2, 0.25) is 0 Å². The molecule has 2 heterocycles. The highest BCUT2D eigenvalue weighted by Gasteiger charge is 2.22. The second-order valence-electron chi connectivity index (χ2n) is 12.9. The summed E-state index contributed by atoms with van der Waals surface area (Å²) in [7, 11) is 0. The zero-order chi connectivity index (χ0) is 33.0. The molecule has 0 saturated heterocycles. The minimum atomic E-state index is 0.648. The fourth-order valence-electron chi connectivity index (χ4n) is 7.67. The summed E-state index contributed by atoms with van der Waals surface area (Å²) in [5.74, 6) is 1.57. The van der Waals surface area contributed by atoms with Crippen molar-refractivity contribution in [3.05, 3.63) is 187 Å². The van der Waals surface area contributed by atoms with E-state index in [9.17, 15) is 0 Å². The zero-order valence-electron chi connectivity index (χ0n) is 27.3. The van der Waals surface area contributed by atoms with Crippen LogP contribution in [0, 0.1) is 0 Å². The van der Waals surface area contributed by atoms with Crippen LogP contribution < -0.4 is 0 Å². The first-order valence-electron chi connectivity index (χ1n) is 17.1. The normalized spacial score (nSPS) is 13.5. The minimum Gasteiger partial charge on any atom is -0.293 e. The van der Waals surface area contributed by atoms with E-state index in [0.29, 0.717) is 12.3 Å². The maximum atomic E-state index is 5.49. The molecule has 0 radical (unpaired) electrons. The van der Waals surface area contributed by atoms with Crippen molar-refractivity contribution in [1.29, 1.82) is 0 Å². The average Bonchev–Trinajstić information content (AvgIpc) is 3.35. The lowest BCUT2D eigenvalue weighted by atomic mass is 9.96. The van der Waals surface area contributed by atoms with E-state index < -0.39 is 0 Å². The summed E-state index contributed by atoms with van der Waals surface area (Å²) in [6.45, 7) is 0. The zero-order valence-corrected chi connectivity index (χ0v) is 27.3. The Hall–Kier alpha value is -6.58. The fraction of sp³-hybridized carbons (Fsp3) is 0.0213. The number of hydrogen-bond acceptors (Lipinski definition) is 2. The van der Waals surface area contributed by atoms with Crippen molar-refractivity contribution in [1.82, 2.24) is 4.57 Å². The van der Waals surface area contributed by atoms with E-state index in [2.05, 4.69) is 181 Å². The quantitative estimate of drug-likeness (QED) is 0.172. The van der Waals surface area contributed by atoms with Crippen LogP contribution in [0.1, 0.15) is 17.5 Å². The van der Waals surface area contributed by atoms with E-state index in [0.717, 1.165) is 28.2 Å². The molecule has 0 N–H and O–H groups in total. The standard InChI is InChI=1S/C47H31N3/c1-3-13-31(14-4-1)32-23-25-34(26-24-32)47-48-42(33-15-5-2-6-16-33)27-28-44(49-47)50-43-30-36-18-8-7-17-35(36)29-41(43)45-39-21-11-9-19-37(39)38-20-10-12-22-40(38)46(45)50/h1-26,28-30H,27H2. The molecule has 0 spiro atoms. The molecular formula is C47H31N3. The Balaban J connectivity index is 1.28. The third-order valence-electron chi connectivity index (χ3n) is 10.0. The number of hydrogen-bond donors (Lipinski definition) is 0. The van der Waals surface area contributed by atoms with Gasteiger partial charge in [0.2, 0.25) is 0 Å². The SMILES string of the molecule is C1=C(n2c3cc4ccccc4cc3c3c4ccccc4c4ccccc4c32)N=C(c2ccc(-c3ccccc3)cc2)N=C(c2ccccc2)C1. The van der Waals surface area contributed by atoms with Crippen LogP contribution in [0.25, 0.3) is 71.1 Å². The van der Waals surface area contributed by atoms with Gasteiger partial charge in [0, 0.05) is 28.1 Å². The van der Waals surface area contributed by atoms with E-state index >= 15 is 0 Å². The Kier molecular flexibility index (Phi) is 6.56. The summed E-state index contributed by atoms with van der Waals surface area (Å²) in [6.07, 6.45) is 2.91. The Labute approximate surface area is 289 Å². The van der Waals surface area contributed by atoms with Gasteiger partial charge in [0.15, 0.2) is 5.84 Å². The van der Waals surface area contributed by atoms with Crippen molar-refractivity contribution in [2.24, 2.45) is 9.98 Å². The first-order chi connectivity index (χ1) is 24.8. The van der Waals surface area contributed by atoms with Crippen molar-refractivity contribution >= 4 is 71.5 Å². The van der Waals surface area contributed by atoms with Crippen LogP contribution in [0.3, 0.4) is 0 Å². The number of amidine groups is 1. The maximum absolute atomic E-state index is 5.49. The van der Waals surface area contributed by atoms with Crippen molar-refractivity contribution in [2.75, 3.05) is 0 Å². The Morgan fingerprint density at radius 1 is 0.420 bits per heavy atom. The van der Waals surface area contributed by atoms with Gasteiger partial charge in [-0.3, -0.25) is 4.57 Å². The van der Waals surface area contributed by atoms with Crippen LogP contribution in [0.4, 0.5) is 0 Å². The molecule has 0 bridgehead atoms. The van der Waals surface area contributed by atoms with Gasteiger partial charge in [0.1, 0.15) is 5.82 Å². The smallest absolute Gasteiger partial charge is 0.161 e. The molecular weight excluding hydrogens is 607 g/mol. The van der Waals surface area contributed by atoms with Gasteiger partial charge < -0.3 is 0 Å². The molecule has 0 amide bonds. The Morgan fingerprint density at radius 3 is 1.68 bits per heavy atom. The third-order valence-corrected chi connectivity index (χ3v) is 10.0. The Bertz CT molecular complexity index is 2860. The van der Waals surface area contributed by atoms with Gasteiger partial charge in [-0.15, -0.1) is 0 Å². The van der Waals surface area contributed by atoms with Crippen LogP contribution >= 0.6 is 0 Å². The number of aliphatic imine (C=N–C) groups is 2. The van der Waals surface area contributed by atoms with Gasteiger partial charge in [-0.25, -0.2) is 9.98 Å². The molecule has 50 heavy (non-hydrogen) atoms. The Morgan fingerprint density at radius 2 is 0.960 bits per heavy atom. The third kappa shape index (κ3) is 4.59. The monoisotopic (exact) mass is 637 g/mol. The number of nitrogens with zero attached hydrogens (tertiary/aromatic N) is 3. The lowest BCUT2D eigenvalue weighted by Crippen LogP contribution is -2.05. The molecule has 0 aliphatic carbocycles. The molecule has 1 aliphatic rings. The highest BCUT2D eigenvalue weighted by Crippen LogP contribution is 2.44. The highest BCUT2D eigenvalue weighted by atomic mass is 15.1. The number of benzene rings is 8. The largest absolute Gasteiger partial charge is 0.293 e. The number of rotatable bonds is 4. The predicted octanol–water partition coefficient (Wildman–Crippen LogP) is 12.1. The molecule has 0 unspecified atom stereocenters. The molecule has 0 atom stereocenters. The van der Waals surface area contributed by atoms with E-state index in [-0.39, 0.29) is 0 Å². The number of aromatic nitrogens is 1. The van der Waals surface area contributed by atoms with Gasteiger partial charge >= 0.3 is 0 Å². The molecule has 3 heteroatoms. The van der Waals surface area contributed by atoms with Gasteiger partial charge in [-0.2, -0.15) is 0 Å². The first-order valence-corrected chi connectivity index (χ1v) is 17.1. The summed E-state index contributed by atoms with van der Waals surface area (Å²) < 4.78 is 2.40.